The van der Waals surface area contributed by atoms with Crippen molar-refractivity contribution in [1.29, 1.82) is 0 Å². The molecule has 1 aliphatic heterocycles. The fraction of sp³-hybridized carbons (Fsp3) is 0.320. The molecule has 0 fully saturated rings. The van der Waals surface area contributed by atoms with Crippen LogP contribution in [0.25, 0.3) is 11.3 Å². The van der Waals surface area contributed by atoms with Gasteiger partial charge in [-0.1, -0.05) is 56.0 Å². The Morgan fingerprint density at radius 1 is 1.10 bits per heavy atom. The lowest BCUT2D eigenvalue weighted by molar-refractivity contribution is -0.121. The van der Waals surface area contributed by atoms with Gasteiger partial charge in [-0.25, -0.2) is 0 Å². The number of anilines is 1. The number of amides is 1. The topological polar surface area (TPSA) is 69.1 Å². The molecule has 2 N–H and O–H groups in total. The lowest BCUT2D eigenvalue weighted by Gasteiger charge is -2.32. The number of fused-ring (bicyclic) bond motifs is 2. The van der Waals surface area contributed by atoms with Gasteiger partial charge in [0.25, 0.3) is 0 Å². The number of para-hydroxylation sites is 1. The third-order valence-electron chi connectivity index (χ3n) is 5.45. The van der Waals surface area contributed by atoms with Gasteiger partial charge in [0.05, 0.1) is 18.1 Å². The highest BCUT2D eigenvalue weighted by Gasteiger charge is 2.24. The maximum Gasteiger partial charge on any atom is 0.221 e. The zero-order valence-corrected chi connectivity index (χ0v) is 18.6. The summed E-state index contributed by atoms with van der Waals surface area (Å²) in [4.78, 5) is 14.3. The molecule has 31 heavy (non-hydrogen) atoms. The van der Waals surface area contributed by atoms with E-state index in [2.05, 4.69) is 75.7 Å². The van der Waals surface area contributed by atoms with E-state index in [-0.39, 0.29) is 5.91 Å². The number of rotatable bonds is 8. The van der Waals surface area contributed by atoms with Gasteiger partial charge in [-0.05, 0) is 42.7 Å². The van der Waals surface area contributed by atoms with Crippen LogP contribution in [-0.2, 0) is 11.3 Å². The Bertz CT molecular complexity index is 1010. The molecule has 1 amide bonds. The number of carbonyl (C=O) groups is 1. The lowest BCUT2D eigenvalue weighted by Crippen LogP contribution is -2.32. The minimum absolute atomic E-state index is 0.00451. The van der Waals surface area contributed by atoms with Gasteiger partial charge in [-0.3, -0.25) is 4.79 Å². The smallest absolute Gasteiger partial charge is 0.221 e. The molecule has 162 valence electrons. The largest absolute Gasteiger partial charge is 0.344 e. The van der Waals surface area contributed by atoms with E-state index < -0.39 is 0 Å². The van der Waals surface area contributed by atoms with Crippen molar-refractivity contribution in [2.45, 2.75) is 32.7 Å². The van der Waals surface area contributed by atoms with Crippen LogP contribution in [0.1, 0.15) is 42.9 Å². The van der Waals surface area contributed by atoms with Crippen molar-refractivity contribution in [1.82, 2.24) is 10.6 Å². The number of allylic oxidation sites excluding steroid dienone is 2. The SMILES string of the molecule is C=C(CCC(=O)NCNC)N1Cc2ccccc2/C(CC)=C(/N=NC)c2ccccc21. The van der Waals surface area contributed by atoms with Crippen LogP contribution in [0.4, 0.5) is 5.69 Å². The van der Waals surface area contributed by atoms with Crippen molar-refractivity contribution in [3.8, 4) is 0 Å². The standard InChI is InChI=1S/C25H31N5O/c1-5-20-21-11-7-6-10-19(21)16-30(18(2)14-15-24(31)28-17-26-3)23-13-9-8-12-22(23)25(20)29-27-4/h6-13,26H,2,5,14-17H2,1,3-4H3,(H,28,31)/b25-20+,29-27?. The van der Waals surface area contributed by atoms with Gasteiger partial charge >= 0.3 is 0 Å². The van der Waals surface area contributed by atoms with Gasteiger partial charge in [-0.2, -0.15) is 10.2 Å². The molecule has 6 heteroatoms. The number of hydrogen-bond donors (Lipinski definition) is 2. The number of azo groups is 1. The Morgan fingerprint density at radius 2 is 1.81 bits per heavy atom. The highest BCUT2D eigenvalue weighted by molar-refractivity contribution is 5.95. The lowest BCUT2D eigenvalue weighted by atomic mass is 9.90. The van der Waals surface area contributed by atoms with E-state index in [1.54, 1.807) is 14.1 Å². The van der Waals surface area contributed by atoms with E-state index in [1.165, 1.54) is 16.7 Å². The Hall–Kier alpha value is -3.25. The Kier molecular flexibility index (Phi) is 7.73. The zero-order valence-electron chi connectivity index (χ0n) is 18.6. The Morgan fingerprint density at radius 3 is 2.52 bits per heavy atom. The van der Waals surface area contributed by atoms with Gasteiger partial charge in [-0.15, -0.1) is 0 Å². The first-order chi connectivity index (χ1) is 15.1. The molecule has 0 saturated carbocycles. The molecule has 0 bridgehead atoms. The molecule has 2 aromatic carbocycles. The summed E-state index contributed by atoms with van der Waals surface area (Å²) >= 11 is 0. The van der Waals surface area contributed by atoms with E-state index in [0.29, 0.717) is 26.1 Å². The highest BCUT2D eigenvalue weighted by Crippen LogP contribution is 2.41. The summed E-state index contributed by atoms with van der Waals surface area (Å²) in [6, 6.07) is 16.7. The van der Waals surface area contributed by atoms with Crippen LogP contribution >= 0.6 is 0 Å². The Labute approximate surface area is 184 Å². The highest BCUT2D eigenvalue weighted by atomic mass is 16.1. The molecular weight excluding hydrogens is 386 g/mol. The minimum Gasteiger partial charge on any atom is -0.344 e. The Balaban J connectivity index is 2.06. The van der Waals surface area contributed by atoms with Crippen LogP contribution < -0.4 is 15.5 Å². The molecule has 2 aromatic rings. The summed E-state index contributed by atoms with van der Waals surface area (Å²) < 4.78 is 0. The predicted octanol–water partition coefficient (Wildman–Crippen LogP) is 4.95. The predicted molar refractivity (Wildman–Crippen MR) is 127 cm³/mol. The molecule has 0 atom stereocenters. The maximum atomic E-state index is 12.1. The third kappa shape index (κ3) is 5.09. The van der Waals surface area contributed by atoms with E-state index in [4.69, 9.17) is 0 Å². The van der Waals surface area contributed by atoms with Crippen molar-refractivity contribution >= 4 is 22.9 Å². The van der Waals surface area contributed by atoms with Crippen LogP contribution in [0.15, 0.2) is 71.0 Å². The normalized spacial score (nSPS) is 15.8. The zero-order chi connectivity index (χ0) is 22.2. The van der Waals surface area contributed by atoms with Gasteiger partial charge in [0.1, 0.15) is 0 Å². The van der Waals surface area contributed by atoms with Crippen LogP contribution in [0.3, 0.4) is 0 Å². The second-order valence-electron chi connectivity index (χ2n) is 7.44. The quantitative estimate of drug-likeness (QED) is 0.471. The molecule has 0 unspecified atom stereocenters. The number of carbonyl (C=O) groups excluding carboxylic acids is 1. The molecule has 0 aromatic heterocycles. The van der Waals surface area contributed by atoms with Crippen LogP contribution in [0.2, 0.25) is 0 Å². The van der Waals surface area contributed by atoms with E-state index in [0.717, 1.165) is 29.1 Å². The summed E-state index contributed by atoms with van der Waals surface area (Å²) in [6.45, 7) is 7.64. The maximum absolute atomic E-state index is 12.1. The van der Waals surface area contributed by atoms with E-state index in [1.807, 2.05) is 12.1 Å². The van der Waals surface area contributed by atoms with Gasteiger partial charge < -0.3 is 15.5 Å². The number of nitrogens with zero attached hydrogens (tertiary/aromatic N) is 3. The van der Waals surface area contributed by atoms with E-state index in [9.17, 15) is 4.79 Å². The van der Waals surface area contributed by atoms with Gasteiger partial charge in [0.15, 0.2) is 0 Å². The molecule has 3 rings (SSSR count). The number of hydrogen-bond acceptors (Lipinski definition) is 5. The second-order valence-corrected chi connectivity index (χ2v) is 7.44. The molecule has 0 aliphatic carbocycles. The molecule has 6 nitrogen and oxygen atoms in total. The van der Waals surface area contributed by atoms with Crippen LogP contribution in [-0.4, -0.2) is 26.7 Å². The molecule has 1 aliphatic rings. The number of benzene rings is 2. The summed E-state index contributed by atoms with van der Waals surface area (Å²) in [7, 11) is 3.51. The monoisotopic (exact) mass is 417 g/mol. The van der Waals surface area contributed by atoms with Crippen molar-refractivity contribution in [2.75, 3.05) is 25.7 Å². The summed E-state index contributed by atoms with van der Waals surface area (Å²) in [5.41, 5.74) is 7.42. The van der Waals surface area contributed by atoms with Crippen LogP contribution in [0, 0.1) is 0 Å². The summed E-state index contributed by atoms with van der Waals surface area (Å²) in [6.07, 6.45) is 1.81. The van der Waals surface area contributed by atoms with Gasteiger partial charge in [0.2, 0.25) is 5.91 Å². The van der Waals surface area contributed by atoms with Crippen LogP contribution in [0.5, 0.6) is 0 Å². The number of nitrogens with one attached hydrogen (secondary N) is 2. The molecule has 0 saturated heterocycles. The third-order valence-corrected chi connectivity index (χ3v) is 5.45. The fourth-order valence-electron chi connectivity index (χ4n) is 3.93. The summed E-state index contributed by atoms with van der Waals surface area (Å²) in [5.74, 6) is 0.00451. The molecule has 0 radical (unpaired) electrons. The van der Waals surface area contributed by atoms with Crippen molar-refractivity contribution in [3.63, 3.8) is 0 Å². The van der Waals surface area contributed by atoms with Crippen molar-refractivity contribution in [2.24, 2.45) is 10.2 Å². The summed E-state index contributed by atoms with van der Waals surface area (Å²) in [5, 5.41) is 14.5. The second kappa shape index (κ2) is 10.7. The average molecular weight is 418 g/mol. The molecule has 1 heterocycles. The minimum atomic E-state index is 0.00451. The first-order valence-corrected chi connectivity index (χ1v) is 10.7. The van der Waals surface area contributed by atoms with Crippen molar-refractivity contribution in [3.05, 3.63) is 77.5 Å². The average Bonchev–Trinajstić information content (AvgIpc) is 2.79. The molecule has 0 spiro atoms. The first kappa shape index (κ1) is 22.4. The molecular formula is C25H31N5O. The first-order valence-electron chi connectivity index (χ1n) is 10.7. The van der Waals surface area contributed by atoms with Gasteiger partial charge in [0, 0.05) is 31.3 Å². The fourth-order valence-corrected chi connectivity index (χ4v) is 3.93. The van der Waals surface area contributed by atoms with E-state index >= 15 is 0 Å². The van der Waals surface area contributed by atoms with Crippen molar-refractivity contribution < 1.29 is 4.79 Å².